The van der Waals surface area contributed by atoms with Gasteiger partial charge in [-0.3, -0.25) is 0 Å². The molecule has 6 aromatic carbocycles. The van der Waals surface area contributed by atoms with Gasteiger partial charge in [0.15, 0.2) is 0 Å². The van der Waals surface area contributed by atoms with Crippen molar-refractivity contribution in [3.8, 4) is 50.5 Å². The van der Waals surface area contributed by atoms with Gasteiger partial charge in [-0.25, -0.2) is 9.97 Å². The molecule has 3 aliphatic rings. The van der Waals surface area contributed by atoms with Gasteiger partial charge in [-0.05, 0) is 45.5 Å². The quantitative estimate of drug-likeness (QED) is 0.176. The molecule has 0 fully saturated rings. The lowest BCUT2D eigenvalue weighted by Crippen LogP contribution is -2.42. The second-order valence-corrected chi connectivity index (χ2v) is 14.0. The van der Waals surface area contributed by atoms with E-state index in [4.69, 9.17) is 14.7 Å². The molecule has 1 spiro atoms. The van der Waals surface area contributed by atoms with Crippen molar-refractivity contribution in [2.24, 2.45) is 0 Å². The van der Waals surface area contributed by atoms with E-state index in [1.165, 1.54) is 33.4 Å². The van der Waals surface area contributed by atoms with E-state index in [1.807, 2.05) is 18.2 Å². The normalized spacial score (nSPS) is 16.2. The summed E-state index contributed by atoms with van der Waals surface area (Å²) in [5.74, 6) is 0.967. The molecule has 2 aliphatic carbocycles. The average molecular weight is 665 g/mol. The summed E-state index contributed by atoms with van der Waals surface area (Å²) in [6.45, 7) is 0. The summed E-state index contributed by atoms with van der Waals surface area (Å²) in [5.41, 5.74) is 15.5. The number of pyridine rings is 2. The molecular weight excluding hydrogens is 633 g/mol. The zero-order valence-electron chi connectivity index (χ0n) is 28.3. The van der Waals surface area contributed by atoms with Crippen LogP contribution in [-0.4, -0.2) is 16.1 Å². The largest absolute Gasteiger partial charge is 0.485 e. The second kappa shape index (κ2) is 11.2. The summed E-state index contributed by atoms with van der Waals surface area (Å²) >= 11 is 0. The summed E-state index contributed by atoms with van der Waals surface area (Å²) in [6, 6.07) is 56.4. The number of para-hydroxylation sites is 1. The minimum atomic E-state index is -0.418. The van der Waals surface area contributed by atoms with Crippen LogP contribution in [0.3, 0.4) is 0 Å². The molecule has 3 nitrogen and oxygen atoms in total. The van der Waals surface area contributed by atoms with Crippen molar-refractivity contribution in [1.29, 1.82) is 0 Å². The Morgan fingerprint density at radius 2 is 1.02 bits per heavy atom. The molecular formula is C49H32N2O. The highest BCUT2D eigenvalue weighted by molar-refractivity contribution is 6.04. The molecule has 11 rings (SSSR count). The van der Waals surface area contributed by atoms with Crippen LogP contribution in [0.15, 0.2) is 182 Å². The monoisotopic (exact) mass is 664 g/mol. The van der Waals surface area contributed by atoms with Crippen molar-refractivity contribution in [2.45, 2.75) is 17.9 Å². The SMILES string of the molecule is C1=CCC2Oc3c(-c4ccc(-c5ccc6ccc7ccc(-c8ccccc8)nc7c6n5)cc4)cccc3C3(C2=C1)c1ccccc1-c1ccccc13. The van der Waals surface area contributed by atoms with Crippen molar-refractivity contribution >= 4 is 21.8 Å². The van der Waals surface area contributed by atoms with E-state index in [0.717, 1.165) is 67.6 Å². The van der Waals surface area contributed by atoms with Crippen LogP contribution in [0.5, 0.6) is 5.75 Å². The summed E-state index contributed by atoms with van der Waals surface area (Å²) in [6.07, 6.45) is 7.53. The first-order valence-corrected chi connectivity index (χ1v) is 18.0. The standard InChI is InChI=1S/C49H32N2O/c1-2-11-32(12-3-1)43-29-27-34-25-26-35-28-30-44(51-47(35)46(34)50-43)33-23-21-31(22-24-33)36-15-10-19-42-48(36)52-45-20-9-8-18-41(45)49(42)39-16-6-4-13-37(39)38-14-5-7-17-40(38)49/h1-19,21-30,45H,20H2. The summed E-state index contributed by atoms with van der Waals surface area (Å²) in [4.78, 5) is 10.3. The average Bonchev–Trinajstić information content (AvgIpc) is 3.51. The minimum absolute atomic E-state index is 0.0511. The van der Waals surface area contributed by atoms with E-state index < -0.39 is 5.41 Å². The number of aromatic nitrogens is 2. The van der Waals surface area contributed by atoms with Crippen molar-refractivity contribution < 1.29 is 4.74 Å². The number of nitrogens with zero attached hydrogens (tertiary/aromatic N) is 2. The fourth-order valence-electron chi connectivity index (χ4n) is 8.93. The highest BCUT2D eigenvalue weighted by Gasteiger charge is 2.53. The van der Waals surface area contributed by atoms with Crippen LogP contribution in [0, 0.1) is 0 Å². The number of rotatable bonds is 3. The Hall–Kier alpha value is -6.58. The Labute approximate surface area is 302 Å². The maximum absolute atomic E-state index is 7.04. The first-order chi connectivity index (χ1) is 25.8. The maximum Gasteiger partial charge on any atom is 0.132 e. The van der Waals surface area contributed by atoms with Crippen LogP contribution in [0.4, 0.5) is 0 Å². The topological polar surface area (TPSA) is 35.0 Å². The van der Waals surface area contributed by atoms with Gasteiger partial charge in [0.2, 0.25) is 0 Å². The van der Waals surface area contributed by atoms with E-state index in [-0.39, 0.29) is 6.10 Å². The van der Waals surface area contributed by atoms with Crippen molar-refractivity contribution in [3.63, 3.8) is 0 Å². The number of allylic oxidation sites excluding steroid dienone is 2. The highest BCUT2D eigenvalue weighted by atomic mass is 16.5. The maximum atomic E-state index is 7.04. The smallest absolute Gasteiger partial charge is 0.132 e. The van der Waals surface area contributed by atoms with Crippen LogP contribution in [0.2, 0.25) is 0 Å². The van der Waals surface area contributed by atoms with Gasteiger partial charge >= 0.3 is 0 Å². The van der Waals surface area contributed by atoms with Crippen LogP contribution in [0.25, 0.3) is 66.6 Å². The van der Waals surface area contributed by atoms with Crippen LogP contribution >= 0.6 is 0 Å². The van der Waals surface area contributed by atoms with Gasteiger partial charge in [-0.1, -0.05) is 164 Å². The predicted molar refractivity (Wildman–Crippen MR) is 211 cm³/mol. The second-order valence-electron chi connectivity index (χ2n) is 14.0. The Kier molecular flexibility index (Phi) is 6.29. The van der Waals surface area contributed by atoms with E-state index in [0.29, 0.717) is 0 Å². The van der Waals surface area contributed by atoms with Gasteiger partial charge in [0.25, 0.3) is 0 Å². The Morgan fingerprint density at radius 3 is 1.69 bits per heavy atom. The van der Waals surface area contributed by atoms with Gasteiger partial charge < -0.3 is 4.74 Å². The Bertz CT molecular complexity index is 2750. The number of hydrogen-bond donors (Lipinski definition) is 0. The van der Waals surface area contributed by atoms with Crippen molar-refractivity contribution in [1.82, 2.24) is 9.97 Å². The zero-order chi connectivity index (χ0) is 34.2. The summed E-state index contributed by atoms with van der Waals surface area (Å²) < 4.78 is 7.04. The molecule has 8 aromatic rings. The third kappa shape index (κ3) is 4.14. The lowest BCUT2D eigenvalue weighted by atomic mass is 9.62. The van der Waals surface area contributed by atoms with Gasteiger partial charge in [-0.15, -0.1) is 0 Å². The first kappa shape index (κ1) is 29.2. The Balaban J connectivity index is 1.04. The number of benzene rings is 6. The third-order valence-corrected chi connectivity index (χ3v) is 11.3. The molecule has 0 bridgehead atoms. The zero-order valence-corrected chi connectivity index (χ0v) is 28.3. The number of ether oxygens (including phenoxy) is 1. The van der Waals surface area contributed by atoms with Crippen molar-refractivity contribution in [2.75, 3.05) is 0 Å². The van der Waals surface area contributed by atoms with Crippen LogP contribution in [-0.2, 0) is 5.41 Å². The molecule has 1 unspecified atom stereocenters. The molecule has 3 heterocycles. The van der Waals surface area contributed by atoms with E-state index in [9.17, 15) is 0 Å². The summed E-state index contributed by atoms with van der Waals surface area (Å²) in [7, 11) is 0. The van der Waals surface area contributed by atoms with Crippen molar-refractivity contribution in [3.05, 3.63) is 198 Å². The first-order valence-electron chi connectivity index (χ1n) is 18.0. The number of hydrogen-bond acceptors (Lipinski definition) is 3. The van der Waals surface area contributed by atoms with Gasteiger partial charge in [0.05, 0.1) is 27.8 Å². The molecule has 0 amide bonds. The lowest BCUT2D eigenvalue weighted by Gasteiger charge is -2.45. The molecule has 244 valence electrons. The molecule has 2 aromatic heterocycles. The lowest BCUT2D eigenvalue weighted by molar-refractivity contribution is 0.206. The Morgan fingerprint density at radius 1 is 0.481 bits per heavy atom. The van der Waals surface area contributed by atoms with E-state index >= 15 is 0 Å². The van der Waals surface area contributed by atoms with Crippen LogP contribution < -0.4 is 4.74 Å². The summed E-state index contributed by atoms with van der Waals surface area (Å²) in [5, 5.41) is 2.16. The van der Waals surface area contributed by atoms with Gasteiger partial charge in [-0.2, -0.15) is 0 Å². The molecule has 3 heteroatoms. The molecule has 0 saturated heterocycles. The molecule has 1 atom stereocenters. The molecule has 0 N–H and O–H groups in total. The highest BCUT2D eigenvalue weighted by Crippen LogP contribution is 2.62. The fourth-order valence-corrected chi connectivity index (χ4v) is 8.93. The number of fused-ring (bicyclic) bond motifs is 12. The van der Waals surface area contributed by atoms with Gasteiger partial charge in [0.1, 0.15) is 11.9 Å². The molecule has 0 saturated carbocycles. The third-order valence-electron chi connectivity index (χ3n) is 11.3. The molecule has 0 radical (unpaired) electrons. The minimum Gasteiger partial charge on any atom is -0.485 e. The van der Waals surface area contributed by atoms with Gasteiger partial charge in [0, 0.05) is 39.4 Å². The van der Waals surface area contributed by atoms with E-state index in [1.54, 1.807) is 0 Å². The van der Waals surface area contributed by atoms with Crippen LogP contribution in [0.1, 0.15) is 23.1 Å². The molecule has 52 heavy (non-hydrogen) atoms. The van der Waals surface area contributed by atoms with E-state index in [2.05, 4.69) is 158 Å². The molecule has 1 aliphatic heterocycles. The predicted octanol–water partition coefficient (Wildman–Crippen LogP) is 11.7. The fraction of sp³-hybridized carbons (Fsp3) is 0.0612.